The second-order valence-corrected chi connectivity index (χ2v) is 4.36. The molecule has 2 aromatic rings. The predicted octanol–water partition coefficient (Wildman–Crippen LogP) is 4.68. The van der Waals surface area contributed by atoms with Crippen LogP contribution >= 0.6 is 0 Å². The molecule has 0 heterocycles. The summed E-state index contributed by atoms with van der Waals surface area (Å²) in [5.74, 6) is -0.304. The molecule has 0 aliphatic carbocycles. The van der Waals surface area contributed by atoms with Gasteiger partial charge in [0, 0.05) is 17.8 Å². The van der Waals surface area contributed by atoms with Crippen LogP contribution in [0.3, 0.4) is 0 Å². The Kier molecular flexibility index (Phi) is 4.10. The molecule has 2 rings (SSSR count). The minimum absolute atomic E-state index is 0.00526. The van der Waals surface area contributed by atoms with E-state index in [-0.39, 0.29) is 11.4 Å². The Morgan fingerprint density at radius 1 is 1.05 bits per heavy atom. The molecule has 0 bridgehead atoms. The number of nitrogens with one attached hydrogen (secondary N) is 1. The van der Waals surface area contributed by atoms with Gasteiger partial charge in [-0.3, -0.25) is 0 Å². The summed E-state index contributed by atoms with van der Waals surface area (Å²) in [6.45, 7) is 2.34. The summed E-state index contributed by atoms with van der Waals surface area (Å²) in [5, 5.41) is 3.09. The first kappa shape index (κ1) is 13.5. The molecular formula is C15H14F3N. The summed E-state index contributed by atoms with van der Waals surface area (Å²) in [7, 11) is 0. The molecule has 0 fully saturated rings. The summed E-state index contributed by atoms with van der Waals surface area (Å²) in [5.41, 5.74) is 2.52. The molecular weight excluding hydrogens is 251 g/mol. The van der Waals surface area contributed by atoms with E-state index in [0.29, 0.717) is 12.2 Å². The molecule has 2 aromatic carbocycles. The maximum Gasteiger partial charge on any atom is 0.263 e. The summed E-state index contributed by atoms with van der Waals surface area (Å²) in [4.78, 5) is 0. The van der Waals surface area contributed by atoms with Crippen LogP contribution < -0.4 is 5.32 Å². The van der Waals surface area contributed by atoms with Gasteiger partial charge in [0.15, 0.2) is 0 Å². The van der Waals surface area contributed by atoms with Crippen LogP contribution in [0.5, 0.6) is 0 Å². The fraction of sp³-hybridized carbons (Fsp3) is 0.200. The number of rotatable bonds is 4. The van der Waals surface area contributed by atoms with Crippen LogP contribution in [-0.2, 0) is 6.54 Å². The van der Waals surface area contributed by atoms with Crippen molar-refractivity contribution in [1.29, 1.82) is 0 Å². The number of hydrogen-bond donors (Lipinski definition) is 1. The quantitative estimate of drug-likeness (QED) is 0.846. The van der Waals surface area contributed by atoms with Gasteiger partial charge in [-0.05, 0) is 30.2 Å². The van der Waals surface area contributed by atoms with E-state index in [0.717, 1.165) is 11.1 Å². The van der Waals surface area contributed by atoms with E-state index in [1.807, 2.05) is 6.92 Å². The number of aryl methyl sites for hydroxylation is 1. The van der Waals surface area contributed by atoms with Crippen LogP contribution in [0.1, 0.15) is 23.1 Å². The molecule has 19 heavy (non-hydrogen) atoms. The molecule has 0 unspecified atom stereocenters. The van der Waals surface area contributed by atoms with Crippen molar-refractivity contribution in [3.8, 4) is 0 Å². The predicted molar refractivity (Wildman–Crippen MR) is 69.9 cm³/mol. The Hall–Kier alpha value is -1.97. The number of benzene rings is 2. The Morgan fingerprint density at radius 2 is 1.74 bits per heavy atom. The number of alkyl halides is 2. The van der Waals surface area contributed by atoms with Crippen LogP contribution in [0.4, 0.5) is 18.9 Å². The summed E-state index contributed by atoms with van der Waals surface area (Å²) in [6, 6.07) is 10.6. The van der Waals surface area contributed by atoms with Gasteiger partial charge in [0.2, 0.25) is 0 Å². The fourth-order valence-electron chi connectivity index (χ4n) is 1.76. The van der Waals surface area contributed by atoms with Gasteiger partial charge in [-0.25, -0.2) is 13.2 Å². The van der Waals surface area contributed by atoms with Crippen LogP contribution in [0.2, 0.25) is 0 Å². The second-order valence-electron chi connectivity index (χ2n) is 4.36. The molecule has 0 spiro atoms. The summed E-state index contributed by atoms with van der Waals surface area (Å²) < 4.78 is 37.9. The highest BCUT2D eigenvalue weighted by Gasteiger charge is 2.06. The Bertz CT molecular complexity index is 550. The van der Waals surface area contributed by atoms with E-state index in [9.17, 15) is 13.2 Å². The molecule has 0 aliphatic rings. The normalized spacial score (nSPS) is 10.8. The largest absolute Gasteiger partial charge is 0.381 e. The van der Waals surface area contributed by atoms with E-state index in [2.05, 4.69) is 5.32 Å². The third-order valence-corrected chi connectivity index (χ3v) is 2.91. The molecule has 0 amide bonds. The summed E-state index contributed by atoms with van der Waals surface area (Å²) in [6.07, 6.45) is -2.45. The standard InChI is InChI=1S/C15H14F3N/c1-10-2-7-13(16)8-14(10)19-9-11-3-5-12(6-4-11)15(17)18/h2-8,15,19H,9H2,1H3. The van der Waals surface area contributed by atoms with Gasteiger partial charge in [-0.2, -0.15) is 0 Å². The van der Waals surface area contributed by atoms with Gasteiger partial charge >= 0.3 is 0 Å². The lowest BCUT2D eigenvalue weighted by Gasteiger charge is -2.10. The maximum atomic E-state index is 13.1. The van der Waals surface area contributed by atoms with Gasteiger partial charge < -0.3 is 5.32 Å². The van der Waals surface area contributed by atoms with E-state index in [1.165, 1.54) is 24.3 Å². The molecule has 0 aliphatic heterocycles. The van der Waals surface area contributed by atoms with Crippen molar-refractivity contribution in [3.63, 3.8) is 0 Å². The van der Waals surface area contributed by atoms with Crippen LogP contribution in [-0.4, -0.2) is 0 Å². The fourth-order valence-corrected chi connectivity index (χ4v) is 1.76. The van der Waals surface area contributed by atoms with Gasteiger partial charge in [0.05, 0.1) is 0 Å². The lowest BCUT2D eigenvalue weighted by molar-refractivity contribution is 0.151. The first-order valence-corrected chi connectivity index (χ1v) is 5.93. The van der Waals surface area contributed by atoms with Crippen molar-refractivity contribution in [3.05, 3.63) is 65.0 Å². The van der Waals surface area contributed by atoms with Gasteiger partial charge in [-0.15, -0.1) is 0 Å². The van der Waals surface area contributed by atoms with E-state index >= 15 is 0 Å². The molecule has 1 N–H and O–H groups in total. The minimum atomic E-state index is -2.45. The lowest BCUT2D eigenvalue weighted by atomic mass is 10.1. The molecule has 0 aromatic heterocycles. The third-order valence-electron chi connectivity index (χ3n) is 2.91. The average molecular weight is 265 g/mol. The van der Waals surface area contributed by atoms with E-state index in [4.69, 9.17) is 0 Å². The maximum absolute atomic E-state index is 13.1. The first-order chi connectivity index (χ1) is 9.06. The summed E-state index contributed by atoms with van der Waals surface area (Å²) >= 11 is 0. The van der Waals surface area contributed by atoms with Crippen molar-refractivity contribution in [2.24, 2.45) is 0 Å². The van der Waals surface area contributed by atoms with Gasteiger partial charge in [0.25, 0.3) is 6.43 Å². The Balaban J connectivity index is 2.04. The third kappa shape index (κ3) is 3.50. The van der Waals surface area contributed by atoms with Crippen LogP contribution in [0.25, 0.3) is 0 Å². The minimum Gasteiger partial charge on any atom is -0.381 e. The van der Waals surface area contributed by atoms with Crippen molar-refractivity contribution >= 4 is 5.69 Å². The zero-order valence-corrected chi connectivity index (χ0v) is 10.5. The van der Waals surface area contributed by atoms with Gasteiger partial charge in [0.1, 0.15) is 5.82 Å². The van der Waals surface area contributed by atoms with E-state index < -0.39 is 6.43 Å². The SMILES string of the molecule is Cc1ccc(F)cc1NCc1ccc(C(F)F)cc1. The first-order valence-electron chi connectivity index (χ1n) is 5.93. The lowest BCUT2D eigenvalue weighted by Crippen LogP contribution is -2.01. The monoisotopic (exact) mass is 265 g/mol. The highest BCUT2D eigenvalue weighted by molar-refractivity contribution is 5.51. The second kappa shape index (κ2) is 5.78. The number of anilines is 1. The van der Waals surface area contributed by atoms with E-state index in [1.54, 1.807) is 18.2 Å². The van der Waals surface area contributed by atoms with Crippen molar-refractivity contribution in [2.75, 3.05) is 5.32 Å². The Morgan fingerprint density at radius 3 is 2.37 bits per heavy atom. The average Bonchev–Trinajstić information content (AvgIpc) is 2.40. The topological polar surface area (TPSA) is 12.0 Å². The van der Waals surface area contributed by atoms with Crippen molar-refractivity contribution in [2.45, 2.75) is 19.9 Å². The molecule has 4 heteroatoms. The van der Waals surface area contributed by atoms with Crippen LogP contribution in [0, 0.1) is 12.7 Å². The molecule has 0 atom stereocenters. The Labute approximate surface area is 110 Å². The zero-order chi connectivity index (χ0) is 13.8. The smallest absolute Gasteiger partial charge is 0.263 e. The highest BCUT2D eigenvalue weighted by atomic mass is 19.3. The molecule has 0 saturated heterocycles. The van der Waals surface area contributed by atoms with Crippen LogP contribution in [0.15, 0.2) is 42.5 Å². The van der Waals surface area contributed by atoms with Gasteiger partial charge in [-0.1, -0.05) is 30.3 Å². The molecule has 1 nitrogen and oxygen atoms in total. The molecule has 0 saturated carbocycles. The molecule has 100 valence electrons. The van der Waals surface area contributed by atoms with Crippen molar-refractivity contribution < 1.29 is 13.2 Å². The number of hydrogen-bond acceptors (Lipinski definition) is 1. The highest BCUT2D eigenvalue weighted by Crippen LogP contribution is 2.20. The molecule has 0 radical (unpaired) electrons. The number of halogens is 3. The zero-order valence-electron chi connectivity index (χ0n) is 10.5. The van der Waals surface area contributed by atoms with Crippen molar-refractivity contribution in [1.82, 2.24) is 0 Å².